The Bertz CT molecular complexity index is 1280. The summed E-state index contributed by atoms with van der Waals surface area (Å²) < 4.78 is 82.2. The first-order valence-corrected chi connectivity index (χ1v) is 14.8. The van der Waals surface area contributed by atoms with E-state index >= 15 is 0 Å². The Kier molecular flexibility index (Phi) is 8.77. The van der Waals surface area contributed by atoms with Gasteiger partial charge in [0.25, 0.3) is 10.2 Å². The lowest BCUT2D eigenvalue weighted by molar-refractivity contribution is -0.142. The fourth-order valence-electron chi connectivity index (χ4n) is 5.57. The van der Waals surface area contributed by atoms with Crippen molar-refractivity contribution in [2.45, 2.75) is 57.8 Å². The Labute approximate surface area is 231 Å². The van der Waals surface area contributed by atoms with Crippen LogP contribution >= 0.6 is 0 Å². The van der Waals surface area contributed by atoms with Gasteiger partial charge in [0.2, 0.25) is 11.8 Å². The molecule has 2 amide bonds. The molecule has 14 heteroatoms. The highest BCUT2D eigenvalue weighted by Crippen LogP contribution is 2.34. The van der Waals surface area contributed by atoms with Crippen LogP contribution in [0.25, 0.3) is 0 Å². The zero-order valence-corrected chi connectivity index (χ0v) is 23.1. The molecule has 0 radical (unpaired) electrons. The highest BCUT2D eigenvalue weighted by molar-refractivity contribution is 7.86. The van der Waals surface area contributed by atoms with Crippen LogP contribution in [-0.2, 0) is 26.0 Å². The van der Waals surface area contributed by atoms with E-state index in [1.807, 2.05) is 6.07 Å². The van der Waals surface area contributed by atoms with Gasteiger partial charge in [-0.05, 0) is 43.7 Å². The average Bonchev–Trinajstić information content (AvgIpc) is 3.36. The maximum absolute atomic E-state index is 14.7. The van der Waals surface area contributed by atoms with Crippen LogP contribution in [0.4, 0.5) is 17.6 Å². The fourth-order valence-corrected chi connectivity index (χ4v) is 7.36. The molecule has 40 heavy (non-hydrogen) atoms. The van der Waals surface area contributed by atoms with Crippen LogP contribution < -0.4 is 5.32 Å². The van der Waals surface area contributed by atoms with Crippen molar-refractivity contribution in [1.29, 1.82) is 5.26 Å². The third kappa shape index (κ3) is 6.11. The maximum atomic E-state index is 14.7. The molecule has 4 rings (SSSR count). The average molecular weight is 588 g/mol. The predicted octanol–water partition coefficient (Wildman–Crippen LogP) is 3.06. The van der Waals surface area contributed by atoms with Gasteiger partial charge in [-0.3, -0.25) is 9.59 Å². The van der Waals surface area contributed by atoms with E-state index in [0.717, 1.165) is 12.1 Å². The standard InChI is InChI=1S/C26H33F4N5O4S/c1-16(2)23(20-8-7-19(11-21(20)27)26(28,29)30)32-24(36)22-6-4-10-35(22)25(37)18-5-3-9-33(15-18)40(38,39)34-13-17(12-31)14-34/h7-8,11,16-18,22-23H,3-6,9-10,13-15H2,1-2H3,(H,32,36)/t18-,22+,23+/m0/s1. The second-order valence-corrected chi connectivity index (χ2v) is 12.9. The van der Waals surface area contributed by atoms with Gasteiger partial charge in [0, 0.05) is 38.3 Å². The Morgan fingerprint density at radius 2 is 1.75 bits per heavy atom. The van der Waals surface area contributed by atoms with Gasteiger partial charge in [0.1, 0.15) is 11.9 Å². The van der Waals surface area contributed by atoms with Crippen molar-refractivity contribution in [1.82, 2.24) is 18.8 Å². The van der Waals surface area contributed by atoms with Crippen LogP contribution in [0.15, 0.2) is 18.2 Å². The number of rotatable bonds is 7. The van der Waals surface area contributed by atoms with Gasteiger partial charge in [0.05, 0.1) is 29.5 Å². The highest BCUT2D eigenvalue weighted by atomic mass is 32.2. The van der Waals surface area contributed by atoms with E-state index < -0.39 is 51.7 Å². The Balaban J connectivity index is 1.44. The molecule has 0 aromatic heterocycles. The second kappa shape index (κ2) is 11.6. The van der Waals surface area contributed by atoms with Crippen LogP contribution in [-0.4, -0.2) is 72.5 Å². The lowest BCUT2D eigenvalue weighted by Crippen LogP contribution is -2.57. The first-order chi connectivity index (χ1) is 18.7. The number of alkyl halides is 3. The Morgan fingerprint density at radius 3 is 2.35 bits per heavy atom. The van der Waals surface area contributed by atoms with Crippen molar-refractivity contribution < 1.29 is 35.6 Å². The minimum Gasteiger partial charge on any atom is -0.347 e. The summed E-state index contributed by atoms with van der Waals surface area (Å²) in [6.07, 6.45) is -2.87. The predicted molar refractivity (Wildman–Crippen MR) is 136 cm³/mol. The first-order valence-electron chi connectivity index (χ1n) is 13.4. The SMILES string of the molecule is CC(C)[C@@H](NC(=O)[C@H]1CCCN1C(=O)[C@H]1CCCN(S(=O)(=O)N2CC(C#N)C2)C1)c1ccc(C(F)(F)F)cc1F. The molecule has 0 unspecified atom stereocenters. The van der Waals surface area contributed by atoms with Gasteiger partial charge < -0.3 is 10.2 Å². The smallest absolute Gasteiger partial charge is 0.347 e. The molecule has 9 nitrogen and oxygen atoms in total. The minimum absolute atomic E-state index is 0.0227. The molecule has 1 N–H and O–H groups in total. The van der Waals surface area contributed by atoms with E-state index in [1.54, 1.807) is 13.8 Å². The number of hydrogen-bond acceptors (Lipinski definition) is 5. The number of carbonyl (C=O) groups is 2. The number of amides is 2. The molecule has 1 aromatic rings. The summed E-state index contributed by atoms with van der Waals surface area (Å²) in [6.45, 7) is 4.19. The van der Waals surface area contributed by atoms with E-state index in [2.05, 4.69) is 5.32 Å². The molecule has 3 heterocycles. The number of nitrogens with one attached hydrogen (secondary N) is 1. The van der Waals surface area contributed by atoms with E-state index in [4.69, 9.17) is 5.26 Å². The van der Waals surface area contributed by atoms with E-state index in [9.17, 15) is 35.6 Å². The maximum Gasteiger partial charge on any atom is 0.416 e. The summed E-state index contributed by atoms with van der Waals surface area (Å²) in [5.74, 6) is -3.30. The van der Waals surface area contributed by atoms with Gasteiger partial charge in [-0.2, -0.15) is 35.5 Å². The largest absolute Gasteiger partial charge is 0.416 e. The van der Waals surface area contributed by atoms with Gasteiger partial charge in [-0.1, -0.05) is 19.9 Å². The summed E-state index contributed by atoms with van der Waals surface area (Å²) in [5.41, 5.74) is -1.21. The molecule has 0 spiro atoms. The van der Waals surface area contributed by atoms with Gasteiger partial charge >= 0.3 is 6.18 Å². The zero-order chi connectivity index (χ0) is 29.4. The van der Waals surface area contributed by atoms with Gasteiger partial charge in [-0.25, -0.2) is 4.39 Å². The summed E-state index contributed by atoms with van der Waals surface area (Å²) in [6, 6.07) is 2.47. The van der Waals surface area contributed by atoms with Crippen molar-refractivity contribution in [2.75, 3.05) is 32.7 Å². The third-order valence-corrected chi connectivity index (χ3v) is 9.82. The van der Waals surface area contributed by atoms with Gasteiger partial charge in [0.15, 0.2) is 0 Å². The minimum atomic E-state index is -4.71. The quantitative estimate of drug-likeness (QED) is 0.493. The van der Waals surface area contributed by atoms with Crippen LogP contribution in [0, 0.1) is 34.9 Å². The van der Waals surface area contributed by atoms with E-state index in [-0.39, 0.29) is 49.5 Å². The number of benzene rings is 1. The molecule has 3 aliphatic rings. The number of piperidine rings is 1. The number of nitrogens with zero attached hydrogens (tertiary/aromatic N) is 4. The lowest BCUT2D eigenvalue weighted by atomic mass is 9.93. The van der Waals surface area contributed by atoms with Crippen molar-refractivity contribution in [3.05, 3.63) is 35.1 Å². The van der Waals surface area contributed by atoms with Crippen molar-refractivity contribution in [3.8, 4) is 6.07 Å². The van der Waals surface area contributed by atoms with Crippen molar-refractivity contribution in [2.24, 2.45) is 17.8 Å². The molecule has 3 fully saturated rings. The lowest BCUT2D eigenvalue weighted by Gasteiger charge is -2.41. The van der Waals surface area contributed by atoms with Crippen LogP contribution in [0.5, 0.6) is 0 Å². The molecule has 3 saturated heterocycles. The molecule has 1 aromatic carbocycles. The summed E-state index contributed by atoms with van der Waals surface area (Å²) in [4.78, 5) is 28.3. The molecular formula is C26H33F4N5O4S. The first kappa shape index (κ1) is 30.2. The van der Waals surface area contributed by atoms with Crippen LogP contribution in [0.1, 0.15) is 56.7 Å². The molecular weight excluding hydrogens is 554 g/mol. The summed E-state index contributed by atoms with van der Waals surface area (Å²) >= 11 is 0. The van der Waals surface area contributed by atoms with E-state index in [1.165, 1.54) is 13.5 Å². The van der Waals surface area contributed by atoms with Crippen LogP contribution in [0.2, 0.25) is 0 Å². The number of nitriles is 1. The van der Waals surface area contributed by atoms with Crippen molar-refractivity contribution >= 4 is 22.0 Å². The second-order valence-electron chi connectivity index (χ2n) is 11.0. The van der Waals surface area contributed by atoms with Crippen molar-refractivity contribution in [3.63, 3.8) is 0 Å². The molecule has 0 saturated carbocycles. The topological polar surface area (TPSA) is 114 Å². The van der Waals surface area contributed by atoms with Gasteiger partial charge in [-0.15, -0.1) is 0 Å². The van der Waals surface area contributed by atoms with E-state index in [0.29, 0.717) is 38.3 Å². The molecule has 3 aliphatic heterocycles. The Morgan fingerprint density at radius 1 is 1.07 bits per heavy atom. The number of likely N-dealkylation sites (tertiary alicyclic amines) is 1. The monoisotopic (exact) mass is 587 g/mol. The Hall–Kier alpha value is -2.76. The summed E-state index contributed by atoms with van der Waals surface area (Å²) in [7, 11) is -3.80. The summed E-state index contributed by atoms with van der Waals surface area (Å²) in [5, 5.41) is 11.7. The highest BCUT2D eigenvalue weighted by Gasteiger charge is 2.44. The number of carbonyl (C=O) groups excluding carboxylic acids is 2. The normalized spacial score (nSPS) is 24.0. The number of hydrogen-bond donors (Lipinski definition) is 1. The molecule has 0 aliphatic carbocycles. The molecule has 0 bridgehead atoms. The molecule has 220 valence electrons. The zero-order valence-electron chi connectivity index (χ0n) is 22.3. The molecule has 3 atom stereocenters. The third-order valence-electron chi connectivity index (χ3n) is 7.88. The number of halogens is 4. The fraction of sp³-hybridized carbons (Fsp3) is 0.654. The van der Waals surface area contributed by atoms with Crippen LogP contribution in [0.3, 0.4) is 0 Å².